The molecule has 2 aromatic heterocycles. The largest absolute Gasteiger partial charge is 0.360 e. The van der Waals surface area contributed by atoms with Crippen LogP contribution in [0.1, 0.15) is 53.2 Å². The molecule has 1 unspecified atom stereocenters. The van der Waals surface area contributed by atoms with Crippen LogP contribution in [-0.2, 0) is 13.0 Å². The fourth-order valence-electron chi connectivity index (χ4n) is 3.67. The Bertz CT molecular complexity index is 834. The minimum Gasteiger partial charge on any atom is -0.360 e. The van der Waals surface area contributed by atoms with Gasteiger partial charge in [-0.25, -0.2) is 4.98 Å². The fraction of sp³-hybridized carbons (Fsp3) is 0.368. The number of fused-ring (bicyclic) bond motifs is 1. The van der Waals surface area contributed by atoms with Gasteiger partial charge in [-0.3, -0.25) is 4.90 Å². The van der Waals surface area contributed by atoms with Gasteiger partial charge in [0.15, 0.2) is 5.76 Å². The van der Waals surface area contributed by atoms with Gasteiger partial charge in [-0.2, -0.15) is 0 Å². The normalized spacial score (nSPS) is 20.9. The van der Waals surface area contributed by atoms with Crippen molar-refractivity contribution in [2.45, 2.75) is 37.8 Å². The molecule has 1 aromatic carbocycles. The van der Waals surface area contributed by atoms with Gasteiger partial charge in [0, 0.05) is 30.6 Å². The van der Waals surface area contributed by atoms with E-state index in [1.54, 1.807) is 0 Å². The number of H-pyrrole nitrogens is 1. The summed E-state index contributed by atoms with van der Waals surface area (Å²) >= 11 is 0. The third-order valence-corrected chi connectivity index (χ3v) is 5.07. The standard InChI is InChI=1S/C19H20N4O/c1-2-4-14(5-3-1)19-18-16(20-12-21-18)8-9-23(19)11-15-10-17(22-24-15)13-6-7-13/h1-5,10,12-13,19H,6-9,11H2,(H,20,21). The highest BCUT2D eigenvalue weighted by Crippen LogP contribution is 2.40. The van der Waals surface area contributed by atoms with Gasteiger partial charge in [0.2, 0.25) is 0 Å². The Morgan fingerprint density at radius 3 is 2.92 bits per heavy atom. The maximum atomic E-state index is 5.60. The van der Waals surface area contributed by atoms with Gasteiger partial charge < -0.3 is 9.51 Å². The monoisotopic (exact) mass is 320 g/mol. The number of hydrogen-bond acceptors (Lipinski definition) is 4. The SMILES string of the molecule is c1ccc(C2c3nc[nH]c3CCN2Cc2cc(C3CC3)no2)cc1. The summed E-state index contributed by atoms with van der Waals surface area (Å²) in [5, 5.41) is 4.25. The second-order valence-corrected chi connectivity index (χ2v) is 6.79. The zero-order valence-electron chi connectivity index (χ0n) is 13.5. The van der Waals surface area contributed by atoms with Crippen molar-refractivity contribution in [1.82, 2.24) is 20.0 Å². The maximum absolute atomic E-state index is 5.60. The summed E-state index contributed by atoms with van der Waals surface area (Å²) in [5.74, 6) is 1.59. The first kappa shape index (κ1) is 14.0. The number of hydrogen-bond donors (Lipinski definition) is 1. The van der Waals surface area contributed by atoms with E-state index in [0.717, 1.165) is 36.7 Å². The van der Waals surface area contributed by atoms with E-state index in [9.17, 15) is 0 Å². The van der Waals surface area contributed by atoms with Gasteiger partial charge in [-0.1, -0.05) is 35.5 Å². The van der Waals surface area contributed by atoms with Crippen LogP contribution in [0.3, 0.4) is 0 Å². The molecule has 5 heteroatoms. The highest BCUT2D eigenvalue weighted by Gasteiger charge is 2.32. The summed E-state index contributed by atoms with van der Waals surface area (Å²) in [6.07, 6.45) is 5.30. The van der Waals surface area contributed by atoms with E-state index in [1.807, 2.05) is 6.33 Å². The Morgan fingerprint density at radius 1 is 1.21 bits per heavy atom. The number of aromatic amines is 1. The Hall–Kier alpha value is -2.40. The number of nitrogens with one attached hydrogen (secondary N) is 1. The Labute approximate surface area is 140 Å². The quantitative estimate of drug-likeness (QED) is 0.800. The summed E-state index contributed by atoms with van der Waals surface area (Å²) in [7, 11) is 0. The predicted molar refractivity (Wildman–Crippen MR) is 89.5 cm³/mol. The first-order valence-electron chi connectivity index (χ1n) is 8.65. The summed E-state index contributed by atoms with van der Waals surface area (Å²) in [5.41, 5.74) is 4.77. The van der Waals surface area contributed by atoms with Gasteiger partial charge in [-0.05, 0) is 18.4 Å². The van der Waals surface area contributed by atoms with Crippen LogP contribution in [0.15, 0.2) is 47.2 Å². The van der Waals surface area contributed by atoms with Crippen LogP contribution in [0.2, 0.25) is 0 Å². The molecule has 3 aromatic rings. The topological polar surface area (TPSA) is 58.0 Å². The molecule has 2 aliphatic rings. The van der Waals surface area contributed by atoms with Crippen molar-refractivity contribution in [3.63, 3.8) is 0 Å². The molecule has 3 heterocycles. The van der Waals surface area contributed by atoms with E-state index >= 15 is 0 Å². The van der Waals surface area contributed by atoms with Crippen LogP contribution in [0.25, 0.3) is 0 Å². The average Bonchev–Trinajstić information content (AvgIpc) is 3.17. The Balaban J connectivity index is 1.47. The van der Waals surface area contributed by atoms with Crippen LogP contribution in [0, 0.1) is 0 Å². The van der Waals surface area contributed by atoms with E-state index < -0.39 is 0 Å². The van der Waals surface area contributed by atoms with Crippen LogP contribution in [0.4, 0.5) is 0 Å². The van der Waals surface area contributed by atoms with Gasteiger partial charge in [0.05, 0.1) is 30.3 Å². The lowest BCUT2D eigenvalue weighted by Gasteiger charge is -2.34. The molecular formula is C19H20N4O. The molecule has 1 fully saturated rings. The average molecular weight is 320 g/mol. The Kier molecular flexibility index (Phi) is 3.26. The molecule has 0 saturated heterocycles. The van der Waals surface area contributed by atoms with E-state index in [-0.39, 0.29) is 6.04 Å². The van der Waals surface area contributed by atoms with E-state index in [1.165, 1.54) is 24.1 Å². The molecule has 24 heavy (non-hydrogen) atoms. The van der Waals surface area contributed by atoms with Gasteiger partial charge >= 0.3 is 0 Å². The van der Waals surface area contributed by atoms with Crippen molar-refractivity contribution >= 4 is 0 Å². The lowest BCUT2D eigenvalue weighted by molar-refractivity contribution is 0.178. The van der Waals surface area contributed by atoms with E-state index in [0.29, 0.717) is 5.92 Å². The van der Waals surface area contributed by atoms with Crippen molar-refractivity contribution in [2.75, 3.05) is 6.54 Å². The highest BCUT2D eigenvalue weighted by atomic mass is 16.5. The lowest BCUT2D eigenvalue weighted by Crippen LogP contribution is -2.35. The predicted octanol–water partition coefficient (Wildman–Crippen LogP) is 3.42. The van der Waals surface area contributed by atoms with Crippen LogP contribution in [0.5, 0.6) is 0 Å². The molecule has 5 rings (SSSR count). The molecule has 5 nitrogen and oxygen atoms in total. The summed E-state index contributed by atoms with van der Waals surface area (Å²) < 4.78 is 5.60. The fourth-order valence-corrected chi connectivity index (χ4v) is 3.67. The molecule has 0 bridgehead atoms. The van der Waals surface area contributed by atoms with Gasteiger partial charge in [0.25, 0.3) is 0 Å². The van der Waals surface area contributed by atoms with Crippen molar-refractivity contribution in [3.05, 3.63) is 71.1 Å². The van der Waals surface area contributed by atoms with E-state index in [4.69, 9.17) is 4.52 Å². The molecule has 1 N–H and O–H groups in total. The summed E-state index contributed by atoms with van der Waals surface area (Å²) in [6, 6.07) is 12.9. The number of nitrogens with zero attached hydrogens (tertiary/aromatic N) is 3. The second kappa shape index (κ2) is 5.60. The first-order valence-corrected chi connectivity index (χ1v) is 8.65. The molecule has 1 aliphatic heterocycles. The highest BCUT2D eigenvalue weighted by molar-refractivity contribution is 5.32. The summed E-state index contributed by atoms with van der Waals surface area (Å²) in [6.45, 7) is 1.75. The van der Waals surface area contributed by atoms with Crippen LogP contribution < -0.4 is 0 Å². The maximum Gasteiger partial charge on any atom is 0.151 e. The molecule has 122 valence electrons. The van der Waals surface area contributed by atoms with Crippen molar-refractivity contribution < 1.29 is 4.52 Å². The Morgan fingerprint density at radius 2 is 2.08 bits per heavy atom. The number of imidazole rings is 1. The number of aromatic nitrogens is 3. The van der Waals surface area contributed by atoms with E-state index in [2.05, 4.69) is 56.4 Å². The molecule has 0 amide bonds. The van der Waals surface area contributed by atoms with Crippen LogP contribution >= 0.6 is 0 Å². The smallest absolute Gasteiger partial charge is 0.151 e. The molecule has 1 saturated carbocycles. The van der Waals surface area contributed by atoms with Crippen molar-refractivity contribution in [2.24, 2.45) is 0 Å². The molecular weight excluding hydrogens is 300 g/mol. The zero-order valence-corrected chi connectivity index (χ0v) is 13.5. The van der Waals surface area contributed by atoms with Gasteiger partial charge in [-0.15, -0.1) is 0 Å². The molecule has 1 aliphatic carbocycles. The molecule has 0 radical (unpaired) electrons. The lowest BCUT2D eigenvalue weighted by atomic mass is 9.95. The summed E-state index contributed by atoms with van der Waals surface area (Å²) in [4.78, 5) is 10.3. The molecule has 1 atom stereocenters. The zero-order chi connectivity index (χ0) is 15.9. The number of benzene rings is 1. The third kappa shape index (κ3) is 2.45. The van der Waals surface area contributed by atoms with Crippen molar-refractivity contribution in [1.29, 1.82) is 0 Å². The van der Waals surface area contributed by atoms with Crippen molar-refractivity contribution in [3.8, 4) is 0 Å². The second-order valence-electron chi connectivity index (χ2n) is 6.79. The van der Waals surface area contributed by atoms with Gasteiger partial charge in [0.1, 0.15) is 0 Å². The molecule has 0 spiro atoms. The first-order chi connectivity index (χ1) is 11.9. The third-order valence-electron chi connectivity index (χ3n) is 5.07. The minimum atomic E-state index is 0.163. The minimum absolute atomic E-state index is 0.163. The van der Waals surface area contributed by atoms with Crippen LogP contribution in [-0.4, -0.2) is 26.6 Å². The number of rotatable bonds is 4.